The number of pyridine rings is 1. The molecule has 30 heavy (non-hydrogen) atoms. The van der Waals surface area contributed by atoms with Crippen LogP contribution in [0, 0.1) is 0 Å². The van der Waals surface area contributed by atoms with Crippen LogP contribution < -0.4 is 14.8 Å². The van der Waals surface area contributed by atoms with E-state index in [1.807, 2.05) is 59.3 Å². The van der Waals surface area contributed by atoms with E-state index in [1.54, 1.807) is 7.11 Å². The average Bonchev–Trinajstić information content (AvgIpc) is 3.11. The Balaban J connectivity index is 1.64. The van der Waals surface area contributed by atoms with E-state index in [2.05, 4.69) is 17.3 Å². The number of aryl methyl sites for hydroxylation is 1. The number of hydrogen-bond donors (Lipinski definition) is 1. The van der Waals surface area contributed by atoms with Crippen molar-refractivity contribution in [2.75, 3.05) is 19.0 Å². The van der Waals surface area contributed by atoms with Crippen molar-refractivity contribution in [1.29, 1.82) is 0 Å². The lowest BCUT2D eigenvalue weighted by atomic mass is 10.1. The molecule has 0 fully saturated rings. The predicted octanol–water partition coefficient (Wildman–Crippen LogP) is 4.41. The number of ether oxygens (including phenoxy) is 2. The van der Waals surface area contributed by atoms with Crippen molar-refractivity contribution >= 4 is 33.7 Å². The van der Waals surface area contributed by atoms with Crippen molar-refractivity contribution in [2.45, 2.75) is 26.3 Å². The highest BCUT2D eigenvalue weighted by Crippen LogP contribution is 2.28. The Labute approximate surface area is 174 Å². The van der Waals surface area contributed by atoms with Crippen LogP contribution in [0.1, 0.15) is 19.8 Å². The number of carbonyl (C=O) groups excluding carboxylic acids is 1. The Morgan fingerprint density at radius 2 is 1.93 bits per heavy atom. The number of benzene rings is 2. The Morgan fingerprint density at radius 3 is 2.70 bits per heavy atom. The number of methoxy groups -OCH3 is 1. The van der Waals surface area contributed by atoms with Crippen molar-refractivity contribution in [3.8, 4) is 11.5 Å². The third-order valence-electron chi connectivity index (χ3n) is 4.82. The van der Waals surface area contributed by atoms with E-state index < -0.39 is 0 Å². The highest BCUT2D eigenvalue weighted by molar-refractivity contribution is 6.03. The van der Waals surface area contributed by atoms with Gasteiger partial charge in [0.25, 0.3) is 5.91 Å². The fraction of sp³-hybridized carbons (Fsp3) is 0.261. The topological polar surface area (TPSA) is 78.3 Å². The Bertz CT molecular complexity index is 1170. The minimum absolute atomic E-state index is 0.0951. The van der Waals surface area contributed by atoms with Crippen LogP contribution in [0.2, 0.25) is 0 Å². The number of carbonyl (C=O) groups is 1. The van der Waals surface area contributed by atoms with Crippen molar-refractivity contribution in [3.63, 3.8) is 0 Å². The van der Waals surface area contributed by atoms with Gasteiger partial charge in [-0.25, -0.2) is 9.67 Å². The van der Waals surface area contributed by atoms with Crippen molar-refractivity contribution in [3.05, 3.63) is 54.6 Å². The summed E-state index contributed by atoms with van der Waals surface area (Å²) < 4.78 is 12.7. The van der Waals surface area contributed by atoms with Gasteiger partial charge in [0, 0.05) is 11.9 Å². The van der Waals surface area contributed by atoms with Gasteiger partial charge >= 0.3 is 0 Å². The number of unbranched alkanes of at least 4 members (excludes halogenated alkanes) is 1. The molecule has 0 saturated heterocycles. The number of nitrogens with zero attached hydrogens (tertiary/aromatic N) is 3. The van der Waals surface area contributed by atoms with Crippen LogP contribution in [0.15, 0.2) is 54.6 Å². The first-order chi connectivity index (χ1) is 14.7. The molecule has 7 heteroatoms. The molecule has 4 rings (SSSR count). The SMILES string of the molecule is CCCCn1nc(NC(=O)COc2ccccc2)c2cc3cc(OC)ccc3nc21. The van der Waals surface area contributed by atoms with Gasteiger partial charge in [0.15, 0.2) is 18.1 Å². The van der Waals surface area contributed by atoms with Gasteiger partial charge in [-0.05, 0) is 42.8 Å². The van der Waals surface area contributed by atoms with E-state index in [0.29, 0.717) is 11.6 Å². The molecule has 0 spiro atoms. The Hall–Kier alpha value is -3.61. The molecule has 0 saturated carbocycles. The van der Waals surface area contributed by atoms with Crippen LogP contribution in [0.3, 0.4) is 0 Å². The molecule has 7 nitrogen and oxygen atoms in total. The second-order valence-electron chi connectivity index (χ2n) is 6.99. The lowest BCUT2D eigenvalue weighted by molar-refractivity contribution is -0.118. The molecule has 1 N–H and O–H groups in total. The minimum atomic E-state index is -0.272. The lowest BCUT2D eigenvalue weighted by Gasteiger charge is -2.06. The van der Waals surface area contributed by atoms with Gasteiger partial charge in [-0.15, -0.1) is 0 Å². The molecule has 0 aliphatic rings. The smallest absolute Gasteiger partial charge is 0.263 e. The summed E-state index contributed by atoms with van der Waals surface area (Å²) in [5.41, 5.74) is 1.60. The largest absolute Gasteiger partial charge is 0.497 e. The number of nitrogens with one attached hydrogen (secondary N) is 1. The molecular formula is C23H24N4O3. The zero-order valence-corrected chi connectivity index (χ0v) is 17.1. The second-order valence-corrected chi connectivity index (χ2v) is 6.99. The summed E-state index contributed by atoms with van der Waals surface area (Å²) in [7, 11) is 1.63. The van der Waals surface area contributed by atoms with Crippen molar-refractivity contribution in [2.24, 2.45) is 0 Å². The highest BCUT2D eigenvalue weighted by Gasteiger charge is 2.16. The van der Waals surface area contributed by atoms with Crippen LogP contribution in [0.25, 0.3) is 21.9 Å². The summed E-state index contributed by atoms with van der Waals surface area (Å²) in [5, 5.41) is 9.22. The Morgan fingerprint density at radius 1 is 1.10 bits per heavy atom. The number of fused-ring (bicyclic) bond motifs is 2. The molecule has 1 amide bonds. The highest BCUT2D eigenvalue weighted by atomic mass is 16.5. The second kappa shape index (κ2) is 8.82. The zero-order valence-electron chi connectivity index (χ0n) is 17.1. The van der Waals surface area contributed by atoms with E-state index in [9.17, 15) is 4.79 Å². The first-order valence-corrected chi connectivity index (χ1v) is 10.0. The average molecular weight is 404 g/mol. The van der Waals surface area contributed by atoms with E-state index in [0.717, 1.165) is 47.1 Å². The molecule has 0 unspecified atom stereocenters. The first kappa shape index (κ1) is 19.7. The van der Waals surface area contributed by atoms with Crippen LogP contribution >= 0.6 is 0 Å². The normalized spacial score (nSPS) is 11.0. The lowest BCUT2D eigenvalue weighted by Crippen LogP contribution is -2.20. The molecule has 0 atom stereocenters. The fourth-order valence-corrected chi connectivity index (χ4v) is 3.25. The zero-order chi connectivity index (χ0) is 20.9. The minimum Gasteiger partial charge on any atom is -0.497 e. The van der Waals surface area contributed by atoms with E-state index in [-0.39, 0.29) is 12.5 Å². The fourth-order valence-electron chi connectivity index (χ4n) is 3.25. The number of aromatic nitrogens is 3. The predicted molar refractivity (Wildman–Crippen MR) is 117 cm³/mol. The quantitative estimate of drug-likeness (QED) is 0.471. The number of rotatable bonds is 8. The van der Waals surface area contributed by atoms with Crippen molar-refractivity contribution < 1.29 is 14.3 Å². The van der Waals surface area contributed by atoms with Crippen molar-refractivity contribution in [1.82, 2.24) is 14.8 Å². The van der Waals surface area contributed by atoms with Gasteiger partial charge in [-0.3, -0.25) is 4.79 Å². The van der Waals surface area contributed by atoms with Gasteiger partial charge in [0.1, 0.15) is 11.5 Å². The maximum Gasteiger partial charge on any atom is 0.263 e. The molecule has 154 valence electrons. The molecular weight excluding hydrogens is 380 g/mol. The molecule has 0 aliphatic carbocycles. The molecule has 2 aromatic carbocycles. The molecule has 0 radical (unpaired) electrons. The van der Waals surface area contributed by atoms with Crippen LogP contribution in [0.5, 0.6) is 11.5 Å². The van der Waals surface area contributed by atoms with Gasteiger partial charge in [-0.1, -0.05) is 31.5 Å². The van der Waals surface area contributed by atoms with E-state index in [1.165, 1.54) is 0 Å². The number of anilines is 1. The maximum absolute atomic E-state index is 12.5. The van der Waals surface area contributed by atoms with Gasteiger partial charge < -0.3 is 14.8 Å². The van der Waals surface area contributed by atoms with Gasteiger partial charge in [-0.2, -0.15) is 5.10 Å². The first-order valence-electron chi connectivity index (χ1n) is 10.0. The number of hydrogen-bond acceptors (Lipinski definition) is 5. The number of para-hydroxylation sites is 1. The van der Waals surface area contributed by atoms with E-state index >= 15 is 0 Å². The third-order valence-corrected chi connectivity index (χ3v) is 4.82. The summed E-state index contributed by atoms with van der Waals surface area (Å²) in [6.45, 7) is 2.77. The molecule has 2 heterocycles. The van der Waals surface area contributed by atoms with Gasteiger partial charge in [0.2, 0.25) is 0 Å². The molecule has 4 aromatic rings. The van der Waals surface area contributed by atoms with Gasteiger partial charge in [0.05, 0.1) is 18.0 Å². The third kappa shape index (κ3) is 4.20. The summed E-state index contributed by atoms with van der Waals surface area (Å²) in [5.74, 6) is 1.61. The van der Waals surface area contributed by atoms with E-state index in [4.69, 9.17) is 14.5 Å². The monoisotopic (exact) mass is 404 g/mol. The van der Waals surface area contributed by atoms with Crippen LogP contribution in [0.4, 0.5) is 5.82 Å². The van der Waals surface area contributed by atoms with Crippen LogP contribution in [-0.2, 0) is 11.3 Å². The summed E-state index contributed by atoms with van der Waals surface area (Å²) in [4.78, 5) is 17.3. The Kier molecular flexibility index (Phi) is 5.79. The molecule has 0 aliphatic heterocycles. The summed E-state index contributed by atoms with van der Waals surface area (Å²) in [6, 6.07) is 17.0. The van der Waals surface area contributed by atoms with Crippen LogP contribution in [-0.4, -0.2) is 34.4 Å². The standard InChI is InChI=1S/C23H24N4O3/c1-3-4-12-27-23-19(14-16-13-18(29-2)10-11-20(16)24-23)22(26-27)25-21(28)15-30-17-8-6-5-7-9-17/h5-11,13-14H,3-4,12,15H2,1-2H3,(H,25,26,28). The molecule has 2 aromatic heterocycles. The molecule has 0 bridgehead atoms. The summed E-state index contributed by atoms with van der Waals surface area (Å²) >= 11 is 0. The number of amides is 1. The summed E-state index contributed by atoms with van der Waals surface area (Å²) in [6.07, 6.45) is 2.02. The maximum atomic E-state index is 12.5.